The van der Waals surface area contributed by atoms with Crippen LogP contribution in [0, 0.1) is 42.9 Å². The molecule has 0 aliphatic heterocycles. The molecule has 166 valence electrons. The third-order valence-electron chi connectivity index (χ3n) is 3.72. The van der Waals surface area contributed by atoms with Crippen LogP contribution in [0.5, 0.6) is 5.75 Å². The highest BCUT2D eigenvalue weighted by molar-refractivity contribution is 9.10. The number of nitrogens with one attached hydrogen (secondary N) is 2. The van der Waals surface area contributed by atoms with Crippen LogP contribution in [0.1, 0.15) is 32.4 Å². The second kappa shape index (κ2) is 9.64. The molecule has 0 bridgehead atoms. The topological polar surface area (TPSA) is 95.2 Å². The van der Waals surface area contributed by atoms with Crippen molar-refractivity contribution in [3.8, 4) is 5.75 Å². The van der Waals surface area contributed by atoms with Crippen LogP contribution in [0.3, 0.4) is 0 Å². The van der Waals surface area contributed by atoms with Crippen LogP contribution >= 0.6 is 31.9 Å². The fourth-order valence-electron chi connectivity index (χ4n) is 2.11. The van der Waals surface area contributed by atoms with Gasteiger partial charge in [0, 0.05) is 20.3 Å². The van der Waals surface area contributed by atoms with Crippen LogP contribution < -0.4 is 4.74 Å². The molecule has 31 heavy (non-hydrogen) atoms. The molecule has 0 unspecified atom stereocenters. The number of aromatic nitrogens is 2. The van der Waals surface area contributed by atoms with Crippen molar-refractivity contribution >= 4 is 43.8 Å². The highest BCUT2D eigenvalue weighted by atomic mass is 79.9. The van der Waals surface area contributed by atoms with Gasteiger partial charge < -0.3 is 19.8 Å². The largest absolute Gasteiger partial charge is 0.477 e. The van der Waals surface area contributed by atoms with E-state index in [1.807, 2.05) is 0 Å². The van der Waals surface area contributed by atoms with Crippen LogP contribution in [0.2, 0.25) is 0 Å². The van der Waals surface area contributed by atoms with Crippen LogP contribution in [0.15, 0.2) is 21.1 Å². The van der Waals surface area contributed by atoms with Crippen molar-refractivity contribution < 1.29 is 41.4 Å². The standard InChI is InChI=1S/C12H5BrF5NO2.C6H6BrNO2/c1-3-4(13)2-5(19-3)12(20)21-11-9(17)7(15)6(14)8(16)10(11)18;1-3-4(7)2-5(8-3)6(9)10/h2,19H,1H3;2,8H,1H3,(H,9,10). The van der Waals surface area contributed by atoms with Gasteiger partial charge in [-0.05, 0) is 57.8 Å². The maximum Gasteiger partial charge on any atom is 0.360 e. The van der Waals surface area contributed by atoms with E-state index >= 15 is 0 Å². The molecule has 0 saturated heterocycles. The van der Waals surface area contributed by atoms with E-state index in [0.29, 0.717) is 10.2 Å². The quantitative estimate of drug-likeness (QED) is 0.122. The molecule has 0 radical (unpaired) electrons. The number of carbonyl (C=O) groups is 2. The molecular formula is C18H11Br2F5N2O4. The SMILES string of the molecule is Cc1[nH]c(C(=O)O)cc1Br.Cc1[nH]c(C(=O)Oc2c(F)c(F)c(F)c(F)c2F)cc1Br. The number of esters is 1. The van der Waals surface area contributed by atoms with E-state index in [-0.39, 0.29) is 11.4 Å². The first-order valence-corrected chi connectivity index (χ1v) is 9.60. The van der Waals surface area contributed by atoms with Gasteiger partial charge in [-0.2, -0.15) is 8.78 Å². The molecule has 0 saturated carbocycles. The maximum absolute atomic E-state index is 13.3. The molecule has 0 spiro atoms. The zero-order valence-electron chi connectivity index (χ0n) is 15.5. The van der Waals surface area contributed by atoms with Crippen molar-refractivity contribution in [3.05, 3.63) is 72.9 Å². The van der Waals surface area contributed by atoms with Gasteiger partial charge in [0.2, 0.25) is 34.8 Å². The number of aryl methyl sites for hydroxylation is 2. The van der Waals surface area contributed by atoms with Crippen molar-refractivity contribution in [1.82, 2.24) is 9.97 Å². The number of rotatable bonds is 3. The number of carboxylic acid groups (broad SMARTS) is 1. The van der Waals surface area contributed by atoms with Crippen LogP contribution in [0.25, 0.3) is 0 Å². The van der Waals surface area contributed by atoms with Gasteiger partial charge >= 0.3 is 11.9 Å². The fourth-order valence-corrected chi connectivity index (χ4v) is 2.77. The lowest BCUT2D eigenvalue weighted by atomic mass is 10.2. The summed E-state index contributed by atoms with van der Waals surface area (Å²) in [5, 5.41) is 8.47. The summed E-state index contributed by atoms with van der Waals surface area (Å²) in [7, 11) is 0. The molecule has 3 aromatic rings. The molecule has 0 atom stereocenters. The number of aromatic amines is 2. The summed E-state index contributed by atoms with van der Waals surface area (Å²) < 4.78 is 71.0. The Kier molecular flexibility index (Phi) is 7.65. The number of carbonyl (C=O) groups excluding carboxylic acids is 1. The van der Waals surface area contributed by atoms with Gasteiger partial charge in [-0.1, -0.05) is 0 Å². The van der Waals surface area contributed by atoms with Crippen molar-refractivity contribution in [2.45, 2.75) is 13.8 Å². The van der Waals surface area contributed by atoms with Gasteiger partial charge in [-0.15, -0.1) is 0 Å². The summed E-state index contributed by atoms with van der Waals surface area (Å²) in [5.74, 6) is -15.0. The lowest BCUT2D eigenvalue weighted by Crippen LogP contribution is -2.14. The third-order valence-corrected chi connectivity index (χ3v) is 5.36. The van der Waals surface area contributed by atoms with Gasteiger partial charge in [-0.3, -0.25) is 0 Å². The molecule has 0 aliphatic carbocycles. The first kappa shape index (κ1) is 24.6. The summed E-state index contributed by atoms with van der Waals surface area (Å²) >= 11 is 6.26. The number of ether oxygens (including phenoxy) is 1. The number of halogens is 7. The Morgan fingerprint density at radius 2 is 1.19 bits per heavy atom. The van der Waals surface area contributed by atoms with Gasteiger partial charge in [-0.25, -0.2) is 22.8 Å². The van der Waals surface area contributed by atoms with Gasteiger partial charge in [0.25, 0.3) is 0 Å². The lowest BCUT2D eigenvalue weighted by Gasteiger charge is -2.08. The molecule has 2 aromatic heterocycles. The summed E-state index contributed by atoms with van der Waals surface area (Å²) in [6, 6.07) is 2.78. The second-order valence-corrected chi connectivity index (χ2v) is 7.61. The number of hydrogen-bond acceptors (Lipinski definition) is 3. The molecule has 3 N–H and O–H groups in total. The molecule has 0 amide bonds. The summed E-state index contributed by atoms with van der Waals surface area (Å²) in [5.41, 5.74) is 1.34. The average Bonchev–Trinajstić information content (AvgIpc) is 3.24. The van der Waals surface area contributed by atoms with Crippen molar-refractivity contribution in [3.63, 3.8) is 0 Å². The highest BCUT2D eigenvalue weighted by Gasteiger charge is 2.29. The van der Waals surface area contributed by atoms with E-state index in [4.69, 9.17) is 5.11 Å². The monoisotopic (exact) mass is 572 g/mol. The average molecular weight is 574 g/mol. The van der Waals surface area contributed by atoms with E-state index in [9.17, 15) is 31.5 Å². The Labute approximate surface area is 187 Å². The Balaban J connectivity index is 0.000000285. The Bertz CT molecular complexity index is 1110. The lowest BCUT2D eigenvalue weighted by molar-refractivity contribution is 0.0687. The Hall–Kier alpha value is -2.67. The molecule has 13 heteroatoms. The second-order valence-electron chi connectivity index (χ2n) is 5.91. The smallest absolute Gasteiger partial charge is 0.360 e. The van der Waals surface area contributed by atoms with E-state index in [1.165, 1.54) is 12.1 Å². The van der Waals surface area contributed by atoms with Crippen molar-refractivity contribution in [2.24, 2.45) is 0 Å². The first-order chi connectivity index (χ1) is 14.3. The molecular weight excluding hydrogens is 563 g/mol. The third kappa shape index (κ3) is 5.34. The van der Waals surface area contributed by atoms with Gasteiger partial charge in [0.1, 0.15) is 11.4 Å². The molecule has 0 aliphatic rings. The summed E-state index contributed by atoms with van der Waals surface area (Å²) in [6.07, 6.45) is 0. The maximum atomic E-state index is 13.3. The number of aromatic carboxylic acids is 1. The fraction of sp³-hybridized carbons (Fsp3) is 0.111. The number of H-pyrrole nitrogens is 2. The van der Waals surface area contributed by atoms with E-state index < -0.39 is 46.8 Å². The van der Waals surface area contributed by atoms with Crippen LogP contribution in [0.4, 0.5) is 22.0 Å². The minimum Gasteiger partial charge on any atom is -0.477 e. The number of benzene rings is 1. The van der Waals surface area contributed by atoms with Gasteiger partial charge in [0.05, 0.1) is 0 Å². The Morgan fingerprint density at radius 1 is 0.806 bits per heavy atom. The predicted molar refractivity (Wildman–Crippen MR) is 105 cm³/mol. The minimum absolute atomic E-state index is 0.212. The van der Waals surface area contributed by atoms with Crippen molar-refractivity contribution in [2.75, 3.05) is 0 Å². The zero-order valence-corrected chi connectivity index (χ0v) is 18.6. The molecule has 0 fully saturated rings. The van der Waals surface area contributed by atoms with Gasteiger partial charge in [0.15, 0.2) is 0 Å². The van der Waals surface area contributed by atoms with Crippen molar-refractivity contribution in [1.29, 1.82) is 0 Å². The zero-order chi connectivity index (χ0) is 23.6. The minimum atomic E-state index is -2.33. The molecule has 2 heterocycles. The van der Waals surface area contributed by atoms with Crippen LogP contribution in [-0.4, -0.2) is 27.0 Å². The molecule has 3 rings (SSSR count). The number of hydrogen-bond donors (Lipinski definition) is 3. The highest BCUT2D eigenvalue weighted by Crippen LogP contribution is 2.30. The summed E-state index contributed by atoms with van der Waals surface area (Å²) in [6.45, 7) is 3.38. The van der Waals surface area contributed by atoms with Crippen LogP contribution in [-0.2, 0) is 0 Å². The van der Waals surface area contributed by atoms with E-state index in [1.54, 1.807) is 13.8 Å². The number of carboxylic acids is 1. The van der Waals surface area contributed by atoms with E-state index in [2.05, 4.69) is 46.6 Å². The van der Waals surface area contributed by atoms with E-state index in [0.717, 1.165) is 10.2 Å². The summed E-state index contributed by atoms with van der Waals surface area (Å²) in [4.78, 5) is 27.2. The molecule has 6 nitrogen and oxygen atoms in total. The predicted octanol–water partition coefficient (Wildman–Crippen LogP) is 5.78. The first-order valence-electron chi connectivity index (χ1n) is 8.02. The molecule has 1 aromatic carbocycles. The Morgan fingerprint density at radius 3 is 1.52 bits per heavy atom. The normalized spacial score (nSPS) is 10.5.